The maximum atomic E-state index is 14.6. The van der Waals surface area contributed by atoms with Gasteiger partial charge in [-0.05, 0) is 93.0 Å². The Balaban J connectivity index is 1.09. The number of fused-ring (bicyclic) bond motifs is 1. The molecule has 1 saturated carbocycles. The lowest BCUT2D eigenvalue weighted by Gasteiger charge is -2.41. The second-order valence-corrected chi connectivity index (χ2v) is 22.4. The lowest BCUT2D eigenvalue weighted by atomic mass is 9.82. The number of hydrogen-bond donors (Lipinski definition) is 4. The van der Waals surface area contributed by atoms with Crippen LogP contribution in [0.25, 0.3) is 0 Å². The summed E-state index contributed by atoms with van der Waals surface area (Å²) in [5, 5.41) is 11.7. The first-order valence-electron chi connectivity index (χ1n) is 27.3. The van der Waals surface area contributed by atoms with Crippen molar-refractivity contribution >= 4 is 47.4 Å². The number of carbonyl (C=O) groups is 7. The zero-order chi connectivity index (χ0) is 56.1. The third-order valence-electron chi connectivity index (χ3n) is 15.4. The molecule has 4 aliphatic rings. The normalized spacial score (nSPS) is 20.6. The van der Waals surface area contributed by atoms with Crippen LogP contribution in [-0.2, 0) is 62.5 Å². The van der Waals surface area contributed by atoms with Crippen molar-refractivity contribution < 1.29 is 52.5 Å². The molecular weight excluding hydrogens is 983 g/mol. The molecule has 420 valence electrons. The quantitative estimate of drug-likeness (QED) is 0.0702. The Labute approximate surface area is 455 Å². The lowest BCUT2D eigenvalue weighted by Crippen LogP contribution is -2.59. The maximum Gasteiger partial charge on any atom is 0.411 e. The molecule has 18 heteroatoms. The van der Waals surface area contributed by atoms with E-state index in [9.17, 15) is 33.6 Å². The molecule has 3 aliphatic heterocycles. The summed E-state index contributed by atoms with van der Waals surface area (Å²) < 4.78 is 23.2. The van der Waals surface area contributed by atoms with Crippen LogP contribution >= 0.6 is 0 Å². The van der Waals surface area contributed by atoms with Gasteiger partial charge in [0.25, 0.3) is 0 Å². The molecule has 3 saturated heterocycles. The fraction of sp³-hybridized carbons (Fsp3) is 0.576. The summed E-state index contributed by atoms with van der Waals surface area (Å²) in [6, 6.07) is 22.0. The highest BCUT2D eigenvalue weighted by atomic mass is 16.6. The number of anilines is 1. The fourth-order valence-electron chi connectivity index (χ4n) is 11.0. The van der Waals surface area contributed by atoms with Crippen molar-refractivity contribution in [3.63, 3.8) is 0 Å². The number of benzene rings is 3. The molecule has 4 fully saturated rings. The summed E-state index contributed by atoms with van der Waals surface area (Å²) in [4.78, 5) is 102. The first-order chi connectivity index (χ1) is 36.6. The van der Waals surface area contributed by atoms with Gasteiger partial charge < -0.3 is 50.0 Å². The molecule has 77 heavy (non-hydrogen) atoms. The van der Waals surface area contributed by atoms with Gasteiger partial charge in [0, 0.05) is 52.5 Å². The highest BCUT2D eigenvalue weighted by Gasteiger charge is 2.57. The van der Waals surface area contributed by atoms with Crippen molar-refractivity contribution in [2.24, 2.45) is 23.7 Å². The van der Waals surface area contributed by atoms with Crippen LogP contribution in [0, 0.1) is 23.7 Å². The molecule has 1 aliphatic carbocycles. The predicted molar refractivity (Wildman–Crippen MR) is 292 cm³/mol. The van der Waals surface area contributed by atoms with Crippen molar-refractivity contribution in [3.05, 3.63) is 102 Å². The van der Waals surface area contributed by atoms with Gasteiger partial charge in [0.2, 0.25) is 29.5 Å². The highest BCUT2D eigenvalue weighted by Crippen LogP contribution is 2.46. The minimum atomic E-state index is -0.977. The Morgan fingerprint density at radius 3 is 2.01 bits per heavy atom. The Morgan fingerprint density at radius 1 is 0.792 bits per heavy atom. The Bertz CT molecular complexity index is 2470. The van der Waals surface area contributed by atoms with E-state index >= 15 is 0 Å². The number of methoxy groups -OCH3 is 2. The van der Waals surface area contributed by atoms with Gasteiger partial charge in [0.05, 0.1) is 36.6 Å². The van der Waals surface area contributed by atoms with Gasteiger partial charge in [-0.25, -0.2) is 9.59 Å². The summed E-state index contributed by atoms with van der Waals surface area (Å²) in [7, 11) is 4.73. The summed E-state index contributed by atoms with van der Waals surface area (Å²) in [6.07, 6.45) is 0.898. The number of amides is 7. The van der Waals surface area contributed by atoms with E-state index in [4.69, 9.17) is 18.9 Å². The zero-order valence-corrected chi connectivity index (χ0v) is 46.9. The first kappa shape index (κ1) is 59.7. The molecule has 2 bridgehead atoms. The van der Waals surface area contributed by atoms with Gasteiger partial charge in [-0.15, -0.1) is 0 Å². The molecule has 3 aromatic rings. The van der Waals surface area contributed by atoms with E-state index in [1.54, 1.807) is 73.7 Å². The largest absolute Gasteiger partial charge is 0.445 e. The summed E-state index contributed by atoms with van der Waals surface area (Å²) in [5.41, 5.74) is 2.26. The molecule has 4 N–H and O–H groups in total. The smallest absolute Gasteiger partial charge is 0.411 e. The van der Waals surface area contributed by atoms with Crippen molar-refractivity contribution in [2.75, 3.05) is 33.1 Å². The van der Waals surface area contributed by atoms with E-state index in [-0.39, 0.29) is 67.5 Å². The number of hydrogen-bond acceptors (Lipinski definition) is 11. The SMILES string of the molecule is CC[C@H](C)[C@@H]([C@@H](CC(=O)N1CCC[C@H]1[C@H](OC)[C@@H](C)C(=O)N[C@@H](Cc1ccccc1)C(=O)Nc1ccc(CNC(=O)OCc2ccccc2)cc1)OC)N(C)C(=O)[C@@H](NC(=O)C1C2CC(C2)N1C(=O)OC(C)(C)C)C(C)C. The molecule has 3 heterocycles. The number of rotatable bonds is 24. The Hall–Kier alpha value is -6.53. The fourth-order valence-corrected chi connectivity index (χ4v) is 11.0. The van der Waals surface area contributed by atoms with E-state index in [2.05, 4.69) is 21.3 Å². The highest BCUT2D eigenvalue weighted by molar-refractivity contribution is 5.98. The average molecular weight is 1070 g/mol. The van der Waals surface area contributed by atoms with Gasteiger partial charge in [-0.1, -0.05) is 114 Å². The molecule has 1 unspecified atom stereocenters. The number of likely N-dealkylation sites (N-methyl/N-ethyl adjacent to an activating group) is 1. The minimum Gasteiger partial charge on any atom is -0.445 e. The van der Waals surface area contributed by atoms with Gasteiger partial charge in [0.1, 0.15) is 30.3 Å². The third kappa shape index (κ3) is 15.6. The molecule has 0 radical (unpaired) electrons. The van der Waals surface area contributed by atoms with Gasteiger partial charge >= 0.3 is 12.2 Å². The average Bonchev–Trinajstić information content (AvgIpc) is 4.14. The van der Waals surface area contributed by atoms with Crippen LogP contribution < -0.4 is 21.3 Å². The molecule has 0 spiro atoms. The number of nitrogens with one attached hydrogen (secondary N) is 4. The van der Waals surface area contributed by atoms with Crippen molar-refractivity contribution in [2.45, 2.75) is 168 Å². The lowest BCUT2D eigenvalue weighted by molar-refractivity contribution is -0.148. The second kappa shape index (κ2) is 27.2. The van der Waals surface area contributed by atoms with Crippen LogP contribution in [0.2, 0.25) is 0 Å². The first-order valence-corrected chi connectivity index (χ1v) is 27.3. The monoisotopic (exact) mass is 1070 g/mol. The molecule has 7 rings (SSSR count). The molecular formula is C59H83N7O11. The number of likely N-dealkylation sites (tertiary alicyclic amines) is 1. The van der Waals surface area contributed by atoms with Crippen LogP contribution in [0.15, 0.2) is 84.9 Å². The van der Waals surface area contributed by atoms with E-state index in [1.165, 1.54) is 14.2 Å². The van der Waals surface area contributed by atoms with Gasteiger partial charge in [0.15, 0.2) is 0 Å². The van der Waals surface area contributed by atoms with E-state index < -0.39 is 77.9 Å². The maximum absolute atomic E-state index is 14.6. The van der Waals surface area contributed by atoms with E-state index in [0.29, 0.717) is 44.3 Å². The van der Waals surface area contributed by atoms with E-state index in [0.717, 1.165) is 16.7 Å². The predicted octanol–water partition coefficient (Wildman–Crippen LogP) is 7.24. The number of nitrogens with zero attached hydrogens (tertiary/aromatic N) is 3. The van der Waals surface area contributed by atoms with Gasteiger partial charge in [-0.3, -0.25) is 28.9 Å². The van der Waals surface area contributed by atoms with Crippen LogP contribution in [0.1, 0.15) is 111 Å². The topological polar surface area (TPSA) is 214 Å². The van der Waals surface area contributed by atoms with Crippen molar-refractivity contribution in [3.8, 4) is 0 Å². The molecule has 3 aromatic carbocycles. The van der Waals surface area contributed by atoms with Gasteiger partial charge in [-0.2, -0.15) is 0 Å². The zero-order valence-electron chi connectivity index (χ0n) is 46.9. The van der Waals surface area contributed by atoms with Crippen LogP contribution in [0.4, 0.5) is 15.3 Å². The Kier molecular flexibility index (Phi) is 21.1. The Morgan fingerprint density at radius 2 is 1.43 bits per heavy atom. The standard InChI is InChI=1S/C59H83N7O11/c1-12-37(4)50(64(9)56(71)49(36(2)3)63-55(70)51-42-31-44(32-42)66(51)58(73)77-59(6,7)8)47(74-10)33-48(67)65-29-19-24-46(65)52(75-11)38(5)53(68)62-45(30-39-20-15-13-16-21-39)54(69)61-43-27-25-40(26-28-43)34-60-57(72)76-35-41-22-17-14-18-23-41/h13-18,20-23,25-28,36-38,42,44-47,49-52H,12,19,24,29-35H2,1-11H3,(H,60,72)(H,61,69)(H,62,68)(H,63,70)/t37-,38+,42?,44?,45-,46-,47+,49-,50-,51?,52+/m0/s1. The van der Waals surface area contributed by atoms with E-state index in [1.807, 2.05) is 88.4 Å². The van der Waals surface area contributed by atoms with Crippen molar-refractivity contribution in [1.82, 2.24) is 30.7 Å². The van der Waals surface area contributed by atoms with Crippen LogP contribution in [0.5, 0.6) is 0 Å². The second-order valence-electron chi connectivity index (χ2n) is 22.4. The minimum absolute atomic E-state index is 0.0182. The van der Waals surface area contributed by atoms with Crippen LogP contribution in [0.3, 0.4) is 0 Å². The number of carbonyl (C=O) groups excluding carboxylic acids is 7. The molecule has 18 nitrogen and oxygen atoms in total. The summed E-state index contributed by atoms with van der Waals surface area (Å²) >= 11 is 0. The summed E-state index contributed by atoms with van der Waals surface area (Å²) in [5.74, 6) is -3.03. The van der Waals surface area contributed by atoms with Crippen molar-refractivity contribution in [1.29, 1.82) is 0 Å². The molecule has 0 aromatic heterocycles. The third-order valence-corrected chi connectivity index (χ3v) is 15.4. The number of alkyl carbamates (subject to hydrolysis) is 1. The molecule has 7 amide bonds. The van der Waals surface area contributed by atoms with Crippen LogP contribution in [-0.4, -0.2) is 138 Å². The number of ether oxygens (including phenoxy) is 4. The summed E-state index contributed by atoms with van der Waals surface area (Å²) in [6.45, 7) is 15.6. The molecule has 9 atom stereocenters.